The molecule has 5 N–H and O–H groups in total. The minimum Gasteiger partial charge on any atom is -0.394 e. The number of hydrogen-bond acceptors (Lipinski definition) is 4. The van der Waals surface area contributed by atoms with Crippen molar-refractivity contribution in [3.8, 4) is 0 Å². The molecule has 0 fully saturated rings. The molecule has 0 unspecified atom stereocenters. The van der Waals surface area contributed by atoms with E-state index in [0.717, 1.165) is 0 Å². The van der Waals surface area contributed by atoms with Crippen molar-refractivity contribution in [2.75, 3.05) is 19.8 Å². The second kappa shape index (κ2) is 5.94. The summed E-state index contributed by atoms with van der Waals surface area (Å²) in [6.07, 6.45) is 0. The molecule has 0 bridgehead atoms. The topological polar surface area (TPSA) is 86.7 Å². The van der Waals surface area contributed by atoms with Crippen molar-refractivity contribution >= 4 is 0 Å². The van der Waals surface area contributed by atoms with E-state index in [1.54, 1.807) is 0 Å². The summed E-state index contributed by atoms with van der Waals surface area (Å²) in [4.78, 5) is 0. The Morgan fingerprint density at radius 1 is 1.00 bits per heavy atom. The van der Waals surface area contributed by atoms with E-state index in [0.29, 0.717) is 0 Å². The predicted octanol–water partition coefficient (Wildman–Crippen LogP) is -2.34. The van der Waals surface area contributed by atoms with Crippen LogP contribution in [0.1, 0.15) is 0 Å². The first-order valence-corrected chi connectivity index (χ1v) is 2.30. The zero-order valence-corrected chi connectivity index (χ0v) is 8.25. The Balaban J connectivity index is 0. The molecule has 0 aliphatic rings. The van der Waals surface area contributed by atoms with Crippen molar-refractivity contribution in [1.82, 2.24) is 0 Å². The molecule has 0 saturated carbocycles. The van der Waals surface area contributed by atoms with E-state index in [2.05, 4.69) is 0 Å². The van der Waals surface area contributed by atoms with Crippen molar-refractivity contribution < 1.29 is 56.2 Å². The van der Waals surface area contributed by atoms with Crippen molar-refractivity contribution in [3.63, 3.8) is 0 Å². The molecule has 0 heterocycles. The maximum absolute atomic E-state index is 8.34. The molecule has 0 aromatic carbocycles. The van der Waals surface area contributed by atoms with Crippen molar-refractivity contribution in [1.29, 1.82) is 0 Å². The molecular weight excluding hydrogens is 254 g/mol. The normalized spacial score (nSPS) is 10.7. The first-order valence-electron chi connectivity index (χ1n) is 2.30. The Kier molecular flexibility index (Phi) is 8.46. The molecule has 0 aromatic rings. The Bertz CT molecular complexity index is 58.6. The Morgan fingerprint density at radius 2 is 1.22 bits per heavy atom. The molecule has 0 aliphatic heterocycles. The molecule has 5 heteroatoms. The number of aliphatic hydroxyl groups is 3. The van der Waals surface area contributed by atoms with Gasteiger partial charge in [0.2, 0.25) is 0 Å². The number of hydrogen-bond donors (Lipinski definition) is 4. The maximum atomic E-state index is 8.34. The van der Waals surface area contributed by atoms with Crippen molar-refractivity contribution in [2.24, 2.45) is 5.73 Å². The van der Waals surface area contributed by atoms with Crippen LogP contribution in [0.5, 0.6) is 0 Å². The zero-order chi connectivity index (χ0) is 6.62. The van der Waals surface area contributed by atoms with Crippen LogP contribution in [-0.2, 0) is 0 Å². The first kappa shape index (κ1) is 12.8. The van der Waals surface area contributed by atoms with E-state index in [4.69, 9.17) is 21.1 Å². The van der Waals surface area contributed by atoms with E-state index in [1.165, 1.54) is 0 Å². The standard InChI is InChI=1S/C4H11NO3.Nd/c5-4(1-6,2-7)3-8;/h6-8H,1-3,5H2;. The number of rotatable bonds is 3. The SMILES string of the molecule is NC(CO)(CO)CO.[Nd]. The third kappa shape index (κ3) is 4.58. The molecule has 0 radical (unpaired) electrons. The summed E-state index contributed by atoms with van der Waals surface area (Å²) in [6, 6.07) is 0. The molecule has 0 aromatic heterocycles. The summed E-state index contributed by atoms with van der Waals surface area (Å²) in [6.45, 7) is -1.21. The molecule has 4 nitrogen and oxygen atoms in total. The second-order valence-corrected chi connectivity index (χ2v) is 1.84. The van der Waals surface area contributed by atoms with Crippen LogP contribution in [0.4, 0.5) is 0 Å². The smallest absolute Gasteiger partial charge is 0.0856 e. The Labute approximate surface area is 86.6 Å². The monoisotopic (exact) mass is 263 g/mol. The summed E-state index contributed by atoms with van der Waals surface area (Å²) in [7, 11) is 0. The van der Waals surface area contributed by atoms with Gasteiger partial charge in [-0.3, -0.25) is 0 Å². The average molecular weight is 265 g/mol. The Morgan fingerprint density at radius 3 is 1.22 bits per heavy atom. The van der Waals surface area contributed by atoms with Crippen LogP contribution in [0.3, 0.4) is 0 Å². The average Bonchev–Trinajstić information content (AvgIpc) is 1.87. The van der Waals surface area contributed by atoms with Gasteiger partial charge in [-0.05, 0) is 0 Å². The minimum atomic E-state index is -1.21. The fraction of sp³-hybridized carbons (Fsp3) is 1.00. The van der Waals surface area contributed by atoms with Gasteiger partial charge < -0.3 is 21.1 Å². The quantitative estimate of drug-likeness (QED) is 0.461. The van der Waals surface area contributed by atoms with Crippen molar-refractivity contribution in [2.45, 2.75) is 5.54 Å². The van der Waals surface area contributed by atoms with Gasteiger partial charge in [-0.1, -0.05) is 0 Å². The third-order valence-electron chi connectivity index (χ3n) is 0.945. The second-order valence-electron chi connectivity index (χ2n) is 1.84. The number of aliphatic hydroxyl groups excluding tert-OH is 3. The van der Waals surface area contributed by atoms with Crippen LogP contribution < -0.4 is 5.73 Å². The van der Waals surface area contributed by atoms with E-state index in [-0.39, 0.29) is 40.8 Å². The summed E-state index contributed by atoms with van der Waals surface area (Å²) >= 11 is 0. The van der Waals surface area contributed by atoms with Gasteiger partial charge >= 0.3 is 0 Å². The molecule has 0 rings (SSSR count). The molecule has 9 heavy (non-hydrogen) atoms. The van der Waals surface area contributed by atoms with Gasteiger partial charge in [-0.15, -0.1) is 0 Å². The molecular formula is C4H11NNdO3. The maximum Gasteiger partial charge on any atom is 0.0856 e. The molecule has 0 saturated heterocycles. The van der Waals surface area contributed by atoms with Crippen LogP contribution in [0.15, 0.2) is 0 Å². The Hall–Kier alpha value is 1.19. The van der Waals surface area contributed by atoms with Gasteiger partial charge in [0, 0.05) is 40.8 Å². The predicted molar refractivity (Wildman–Crippen MR) is 28.2 cm³/mol. The molecule has 54 valence electrons. The first-order chi connectivity index (χ1) is 3.68. The zero-order valence-electron chi connectivity index (χ0n) is 5.04. The minimum absolute atomic E-state index is 0. The van der Waals surface area contributed by atoms with Gasteiger partial charge in [0.1, 0.15) is 0 Å². The van der Waals surface area contributed by atoms with Crippen LogP contribution in [0.25, 0.3) is 0 Å². The molecule has 0 spiro atoms. The van der Waals surface area contributed by atoms with E-state index < -0.39 is 25.4 Å². The van der Waals surface area contributed by atoms with E-state index in [1.807, 2.05) is 0 Å². The van der Waals surface area contributed by atoms with Crippen LogP contribution in [-0.4, -0.2) is 40.7 Å². The van der Waals surface area contributed by atoms with Gasteiger partial charge in [0.15, 0.2) is 0 Å². The summed E-state index contributed by atoms with van der Waals surface area (Å²) in [5, 5.41) is 25.0. The molecule has 0 aliphatic carbocycles. The van der Waals surface area contributed by atoms with Gasteiger partial charge in [0.25, 0.3) is 0 Å². The summed E-state index contributed by atoms with van der Waals surface area (Å²) < 4.78 is 0. The molecule has 0 amide bonds. The van der Waals surface area contributed by atoms with E-state index >= 15 is 0 Å². The fourth-order valence-corrected chi connectivity index (χ4v) is 0.150. The summed E-state index contributed by atoms with van der Waals surface area (Å²) in [5.74, 6) is 0. The van der Waals surface area contributed by atoms with Gasteiger partial charge in [-0.2, -0.15) is 0 Å². The third-order valence-corrected chi connectivity index (χ3v) is 0.945. The number of nitrogens with two attached hydrogens (primary N) is 1. The van der Waals surface area contributed by atoms with Crippen LogP contribution in [0, 0.1) is 40.8 Å². The van der Waals surface area contributed by atoms with Crippen LogP contribution >= 0.6 is 0 Å². The van der Waals surface area contributed by atoms with Gasteiger partial charge in [0.05, 0.1) is 25.4 Å². The summed E-state index contributed by atoms with van der Waals surface area (Å²) in [5.41, 5.74) is 3.94. The largest absolute Gasteiger partial charge is 0.394 e. The molecule has 0 atom stereocenters. The van der Waals surface area contributed by atoms with E-state index in [9.17, 15) is 0 Å². The van der Waals surface area contributed by atoms with Gasteiger partial charge in [-0.25, -0.2) is 0 Å². The van der Waals surface area contributed by atoms with Crippen LogP contribution in [0.2, 0.25) is 0 Å². The van der Waals surface area contributed by atoms with Crippen molar-refractivity contribution in [3.05, 3.63) is 0 Å². The fourth-order valence-electron chi connectivity index (χ4n) is 0.150.